The van der Waals surface area contributed by atoms with Crippen LogP contribution in [0, 0.1) is 19.4 Å². The summed E-state index contributed by atoms with van der Waals surface area (Å²) in [6.45, 7) is 1.81. The molecule has 0 atom stereocenters. The van der Waals surface area contributed by atoms with Crippen molar-refractivity contribution in [2.45, 2.75) is 6.92 Å². The normalized spacial score (nSPS) is 9.00. The van der Waals surface area contributed by atoms with Gasteiger partial charge in [0, 0.05) is 12.5 Å². The number of halogens is 1. The quantitative estimate of drug-likeness (QED) is 0.495. The zero-order valence-electron chi connectivity index (χ0n) is 4.85. The predicted octanol–water partition coefficient (Wildman–Crippen LogP) is 1.24. The maximum Gasteiger partial charge on any atom is 0.152 e. The Morgan fingerprint density at radius 3 is 2.78 bits per heavy atom. The molecule has 0 fully saturated rings. The lowest BCUT2D eigenvalue weighted by atomic mass is 10.5. The monoisotopic (exact) mass is 139 g/mol. The molecule has 0 amide bonds. The molecule has 0 N–H and O–H groups in total. The Bertz CT molecular complexity index is 257. The summed E-state index contributed by atoms with van der Waals surface area (Å²) in [7, 11) is 0. The zero-order chi connectivity index (χ0) is 6.85. The largest absolute Gasteiger partial charge is 0.192 e. The van der Waals surface area contributed by atoms with Crippen molar-refractivity contribution in [3.05, 3.63) is 23.3 Å². The van der Waals surface area contributed by atoms with E-state index < -0.39 is 0 Å². The Kier molecular flexibility index (Phi) is 1.46. The van der Waals surface area contributed by atoms with Crippen LogP contribution < -0.4 is 0 Å². The number of aromatic nitrogens is 2. The highest BCUT2D eigenvalue weighted by atomic mass is 35.5. The number of nitrogens with zero attached hydrogens (tertiary/aromatic N) is 2. The standard InChI is InChI=1S/C6H4ClN2/c1-3-9-5(2)4-6(7)8-9/h4H,2H3. The van der Waals surface area contributed by atoms with Gasteiger partial charge in [-0.25, -0.2) is 0 Å². The van der Waals surface area contributed by atoms with E-state index in [0.717, 1.165) is 5.69 Å². The van der Waals surface area contributed by atoms with Gasteiger partial charge in [-0.05, 0) is 13.0 Å². The molecule has 9 heavy (non-hydrogen) atoms. The minimum absolute atomic E-state index is 0.396. The Morgan fingerprint density at radius 2 is 2.56 bits per heavy atom. The molecular weight excluding hydrogens is 136 g/mol. The van der Waals surface area contributed by atoms with Crippen molar-refractivity contribution in [1.82, 2.24) is 9.78 Å². The van der Waals surface area contributed by atoms with Crippen molar-refractivity contribution < 1.29 is 0 Å². The Balaban J connectivity index is 3.20. The minimum atomic E-state index is 0.396. The van der Waals surface area contributed by atoms with Gasteiger partial charge in [-0.2, -0.15) is 4.68 Å². The Morgan fingerprint density at radius 1 is 1.89 bits per heavy atom. The molecule has 0 saturated carbocycles. The van der Waals surface area contributed by atoms with E-state index >= 15 is 0 Å². The van der Waals surface area contributed by atoms with Gasteiger partial charge >= 0.3 is 0 Å². The van der Waals surface area contributed by atoms with E-state index in [-0.39, 0.29) is 0 Å². The lowest BCUT2D eigenvalue weighted by Crippen LogP contribution is -1.91. The molecule has 0 bridgehead atoms. The van der Waals surface area contributed by atoms with Gasteiger partial charge in [-0.1, -0.05) is 11.6 Å². The summed E-state index contributed by atoms with van der Waals surface area (Å²) < 4.78 is 1.28. The van der Waals surface area contributed by atoms with Crippen molar-refractivity contribution in [3.63, 3.8) is 0 Å². The molecular formula is C6H4ClN2. The third-order valence-electron chi connectivity index (χ3n) is 0.964. The van der Waals surface area contributed by atoms with Gasteiger partial charge in [0.05, 0.1) is 5.69 Å². The average molecular weight is 140 g/mol. The van der Waals surface area contributed by atoms with Crippen LogP contribution in [0.25, 0.3) is 0 Å². The van der Waals surface area contributed by atoms with Crippen LogP contribution in [0.2, 0.25) is 5.15 Å². The molecule has 45 valence electrons. The predicted molar refractivity (Wildman–Crippen MR) is 34.5 cm³/mol. The molecule has 1 radical (unpaired) electrons. The number of aryl methyl sites for hydroxylation is 1. The van der Waals surface area contributed by atoms with Crippen molar-refractivity contribution >= 4 is 11.6 Å². The highest BCUT2D eigenvalue weighted by Gasteiger charge is 1.96. The fourth-order valence-electron chi connectivity index (χ4n) is 0.550. The molecule has 1 heterocycles. The highest BCUT2D eigenvalue weighted by Crippen LogP contribution is 2.06. The van der Waals surface area contributed by atoms with Crippen LogP contribution in [-0.4, -0.2) is 9.78 Å². The van der Waals surface area contributed by atoms with Gasteiger partial charge in [0.15, 0.2) is 5.15 Å². The third kappa shape index (κ3) is 1.06. The molecule has 0 unspecified atom stereocenters. The van der Waals surface area contributed by atoms with E-state index in [0.29, 0.717) is 5.15 Å². The molecule has 0 saturated heterocycles. The van der Waals surface area contributed by atoms with E-state index in [2.05, 4.69) is 11.1 Å². The van der Waals surface area contributed by atoms with Gasteiger partial charge in [0.1, 0.15) is 0 Å². The van der Waals surface area contributed by atoms with Gasteiger partial charge < -0.3 is 0 Å². The van der Waals surface area contributed by atoms with Gasteiger partial charge in [0.2, 0.25) is 0 Å². The summed E-state index contributed by atoms with van der Waals surface area (Å²) in [6.07, 6.45) is 6.69. The van der Waals surface area contributed by atoms with Gasteiger partial charge in [-0.15, -0.1) is 5.10 Å². The second-order valence-electron chi connectivity index (χ2n) is 1.63. The molecule has 1 aromatic rings. The second kappa shape index (κ2) is 2.12. The SMILES string of the molecule is [C]#Cn1nc(Cl)cc1C. The Labute approximate surface area is 58.4 Å². The first-order chi connectivity index (χ1) is 4.24. The van der Waals surface area contributed by atoms with Gasteiger partial charge in [0.25, 0.3) is 0 Å². The maximum atomic E-state index is 6.69. The second-order valence-corrected chi connectivity index (χ2v) is 2.02. The average Bonchev–Trinajstić information content (AvgIpc) is 2.10. The number of hydrogen-bond donors (Lipinski definition) is 0. The fraction of sp³-hybridized carbons (Fsp3) is 0.167. The molecule has 3 heteroatoms. The highest BCUT2D eigenvalue weighted by molar-refractivity contribution is 6.29. The third-order valence-corrected chi connectivity index (χ3v) is 1.15. The van der Waals surface area contributed by atoms with Crippen LogP contribution in [0.15, 0.2) is 6.07 Å². The summed E-state index contributed by atoms with van der Waals surface area (Å²) in [4.78, 5) is 0. The summed E-state index contributed by atoms with van der Waals surface area (Å²) in [5.74, 6) is 0. The van der Waals surface area contributed by atoms with Crippen LogP contribution in [0.1, 0.15) is 5.69 Å². The van der Waals surface area contributed by atoms with Crippen molar-refractivity contribution in [3.8, 4) is 6.04 Å². The molecule has 2 nitrogen and oxygen atoms in total. The summed E-state index contributed by atoms with van der Waals surface area (Å²) in [5, 5.41) is 4.11. The number of hydrogen-bond acceptors (Lipinski definition) is 1. The van der Waals surface area contributed by atoms with Crippen molar-refractivity contribution in [1.29, 1.82) is 0 Å². The molecule has 1 aromatic heterocycles. The van der Waals surface area contributed by atoms with E-state index in [1.54, 1.807) is 13.0 Å². The van der Waals surface area contributed by atoms with Crippen LogP contribution in [0.5, 0.6) is 0 Å². The summed E-state index contributed by atoms with van der Waals surface area (Å²) in [5.41, 5.74) is 0.815. The lowest BCUT2D eigenvalue weighted by Gasteiger charge is -1.85. The molecule has 0 aliphatic rings. The molecule has 1 rings (SSSR count). The lowest BCUT2D eigenvalue weighted by molar-refractivity contribution is 0.880. The number of rotatable bonds is 0. The summed E-state index contributed by atoms with van der Waals surface area (Å²) in [6, 6.07) is 3.76. The Hall–Kier alpha value is -0.940. The molecule has 0 aliphatic carbocycles. The summed E-state index contributed by atoms with van der Waals surface area (Å²) >= 11 is 5.49. The topological polar surface area (TPSA) is 17.8 Å². The zero-order valence-corrected chi connectivity index (χ0v) is 5.61. The minimum Gasteiger partial charge on any atom is -0.192 e. The van der Waals surface area contributed by atoms with E-state index in [9.17, 15) is 0 Å². The van der Waals surface area contributed by atoms with E-state index in [4.69, 9.17) is 18.0 Å². The first-order valence-corrected chi connectivity index (χ1v) is 2.77. The van der Waals surface area contributed by atoms with Gasteiger partial charge in [-0.3, -0.25) is 0 Å². The van der Waals surface area contributed by atoms with Crippen molar-refractivity contribution in [2.75, 3.05) is 0 Å². The van der Waals surface area contributed by atoms with E-state index in [1.165, 1.54) is 4.68 Å². The smallest absolute Gasteiger partial charge is 0.152 e. The fourth-order valence-corrected chi connectivity index (χ4v) is 0.783. The molecule has 0 aliphatic heterocycles. The van der Waals surface area contributed by atoms with Crippen molar-refractivity contribution in [2.24, 2.45) is 0 Å². The van der Waals surface area contributed by atoms with Crippen LogP contribution in [-0.2, 0) is 0 Å². The first-order valence-electron chi connectivity index (χ1n) is 2.39. The van der Waals surface area contributed by atoms with Crippen LogP contribution >= 0.6 is 11.6 Å². The van der Waals surface area contributed by atoms with E-state index in [1.807, 2.05) is 0 Å². The molecule has 0 aromatic carbocycles. The maximum absolute atomic E-state index is 6.69. The van der Waals surface area contributed by atoms with Crippen LogP contribution in [0.3, 0.4) is 0 Å². The molecule has 0 spiro atoms. The van der Waals surface area contributed by atoms with Crippen LogP contribution in [0.4, 0.5) is 0 Å². The first kappa shape index (κ1) is 6.18.